The van der Waals surface area contributed by atoms with Gasteiger partial charge in [-0.25, -0.2) is 0 Å². The predicted molar refractivity (Wildman–Crippen MR) is 82.6 cm³/mol. The fourth-order valence-electron chi connectivity index (χ4n) is 1.96. The molecule has 0 nitrogen and oxygen atoms in total. The minimum atomic E-state index is 0.770. The molecule has 2 heteroatoms. The van der Waals surface area contributed by atoms with Gasteiger partial charge in [0.1, 0.15) is 0 Å². The van der Waals surface area contributed by atoms with E-state index >= 15 is 0 Å². The molecule has 0 aliphatic heterocycles. The molecule has 0 saturated carbocycles. The number of thiocarbonyl (C=S) groups is 1. The molecule has 2 aromatic rings. The minimum Gasteiger partial charge on any atom is -0.0890 e. The van der Waals surface area contributed by atoms with Crippen molar-refractivity contribution in [1.82, 2.24) is 0 Å². The lowest BCUT2D eigenvalue weighted by molar-refractivity contribution is 1.22. The van der Waals surface area contributed by atoms with Gasteiger partial charge in [0, 0.05) is 22.7 Å². The Hall–Kier alpha value is -1.18. The number of rotatable bonds is 4. The Morgan fingerprint density at radius 2 is 1.83 bits per heavy atom. The molecule has 0 radical (unpaired) electrons. The summed E-state index contributed by atoms with van der Waals surface area (Å²) in [5.41, 5.74) is 3.79. The van der Waals surface area contributed by atoms with E-state index in [1.165, 1.54) is 16.7 Å². The third-order valence-corrected chi connectivity index (χ3v) is 3.46. The van der Waals surface area contributed by atoms with Crippen LogP contribution in [0.4, 0.5) is 0 Å². The molecule has 0 spiro atoms. The van der Waals surface area contributed by atoms with Gasteiger partial charge in [-0.1, -0.05) is 60.2 Å². The predicted octanol–water partition coefficient (Wildman–Crippen LogP) is 4.80. The minimum absolute atomic E-state index is 0.770. The van der Waals surface area contributed by atoms with Gasteiger partial charge in [0.25, 0.3) is 0 Å². The van der Waals surface area contributed by atoms with Gasteiger partial charge in [-0.2, -0.15) is 0 Å². The fourth-order valence-corrected chi connectivity index (χ4v) is 2.49. The van der Waals surface area contributed by atoms with Crippen molar-refractivity contribution in [2.24, 2.45) is 0 Å². The maximum absolute atomic E-state index is 5.97. The zero-order valence-corrected chi connectivity index (χ0v) is 11.9. The van der Waals surface area contributed by atoms with Crippen molar-refractivity contribution in [3.8, 4) is 0 Å². The zero-order chi connectivity index (χ0) is 13.0. The van der Waals surface area contributed by atoms with Gasteiger partial charge in [-0.05, 0) is 35.7 Å². The molecule has 92 valence electrons. The van der Waals surface area contributed by atoms with E-state index in [1.54, 1.807) is 0 Å². The van der Waals surface area contributed by atoms with Gasteiger partial charge in [0.15, 0.2) is 0 Å². The second-order valence-electron chi connectivity index (χ2n) is 4.45. The first-order valence-corrected chi connectivity index (χ1v) is 6.74. The Balaban J connectivity index is 2.03. The molecule has 0 fully saturated rings. The maximum atomic E-state index is 5.97. The van der Waals surface area contributed by atoms with Crippen LogP contribution in [0.5, 0.6) is 0 Å². The normalized spacial score (nSPS) is 10.3. The summed E-state index contributed by atoms with van der Waals surface area (Å²) in [6.07, 6.45) is 1.67. The van der Waals surface area contributed by atoms with Crippen molar-refractivity contribution in [3.05, 3.63) is 70.2 Å². The van der Waals surface area contributed by atoms with E-state index in [4.69, 9.17) is 23.8 Å². The van der Waals surface area contributed by atoms with E-state index in [9.17, 15) is 0 Å². The van der Waals surface area contributed by atoms with Crippen molar-refractivity contribution in [2.75, 3.05) is 0 Å². The van der Waals surface area contributed by atoms with Crippen molar-refractivity contribution in [2.45, 2.75) is 19.8 Å². The monoisotopic (exact) mass is 274 g/mol. The summed E-state index contributed by atoms with van der Waals surface area (Å²) in [7, 11) is 0. The molecule has 2 aromatic carbocycles. The number of hydrogen-bond donors (Lipinski definition) is 0. The number of aryl methyl sites for hydroxylation is 1. The third-order valence-electron chi connectivity index (χ3n) is 2.94. The van der Waals surface area contributed by atoms with E-state index in [2.05, 4.69) is 37.3 Å². The highest BCUT2D eigenvalue weighted by molar-refractivity contribution is 7.80. The molecule has 0 aromatic heterocycles. The first kappa shape index (κ1) is 13.3. The molecular formula is C16H15ClS. The van der Waals surface area contributed by atoms with Crippen LogP contribution in [0.25, 0.3) is 0 Å². The van der Waals surface area contributed by atoms with Crippen LogP contribution in [-0.4, -0.2) is 4.86 Å². The van der Waals surface area contributed by atoms with Crippen LogP contribution in [-0.2, 0) is 12.8 Å². The van der Waals surface area contributed by atoms with Gasteiger partial charge in [-0.15, -0.1) is 0 Å². The molecule has 0 bridgehead atoms. The maximum Gasteiger partial charge on any atom is 0.0408 e. The quantitative estimate of drug-likeness (QED) is 0.722. The van der Waals surface area contributed by atoms with E-state index in [-0.39, 0.29) is 0 Å². The molecular weight excluding hydrogens is 260 g/mol. The molecule has 0 amide bonds. The molecule has 0 saturated heterocycles. The average molecular weight is 275 g/mol. The number of halogens is 1. The second kappa shape index (κ2) is 6.12. The Morgan fingerprint density at radius 3 is 2.56 bits per heavy atom. The van der Waals surface area contributed by atoms with Crippen LogP contribution in [0, 0.1) is 6.92 Å². The van der Waals surface area contributed by atoms with Gasteiger partial charge in [0.2, 0.25) is 0 Å². The lowest BCUT2D eigenvalue weighted by Gasteiger charge is -2.07. The summed E-state index contributed by atoms with van der Waals surface area (Å²) in [4.78, 5) is 1.05. The molecule has 2 rings (SSSR count). The number of hydrogen-bond acceptors (Lipinski definition) is 1. The lowest BCUT2D eigenvalue weighted by atomic mass is 10.0. The Labute approximate surface area is 119 Å². The standard InChI is InChI=1S/C16H15ClS/c1-12-5-2-3-7-14(12)11-16(18)10-13-6-4-8-15(17)9-13/h2-9H,10-11H2,1H3. The average Bonchev–Trinajstić information content (AvgIpc) is 2.32. The van der Waals surface area contributed by atoms with Crippen molar-refractivity contribution in [1.29, 1.82) is 0 Å². The Bertz CT molecular complexity index is 561. The topological polar surface area (TPSA) is 0 Å². The van der Waals surface area contributed by atoms with E-state index in [0.29, 0.717) is 0 Å². The fraction of sp³-hybridized carbons (Fsp3) is 0.188. The van der Waals surface area contributed by atoms with Gasteiger partial charge < -0.3 is 0 Å². The summed E-state index contributed by atoms with van der Waals surface area (Å²) in [5, 5.41) is 0.770. The Morgan fingerprint density at radius 1 is 1.06 bits per heavy atom. The van der Waals surface area contributed by atoms with E-state index in [0.717, 1.165) is 22.7 Å². The smallest absolute Gasteiger partial charge is 0.0408 e. The molecule has 0 N–H and O–H groups in total. The van der Waals surface area contributed by atoms with Crippen LogP contribution < -0.4 is 0 Å². The summed E-state index contributed by atoms with van der Waals surface area (Å²) in [6, 6.07) is 16.3. The molecule has 0 unspecified atom stereocenters. The number of benzene rings is 2. The highest BCUT2D eigenvalue weighted by atomic mass is 35.5. The zero-order valence-electron chi connectivity index (χ0n) is 10.3. The first-order chi connectivity index (χ1) is 8.65. The van der Waals surface area contributed by atoms with Crippen LogP contribution in [0.3, 0.4) is 0 Å². The van der Waals surface area contributed by atoms with Gasteiger partial charge in [-0.3, -0.25) is 0 Å². The van der Waals surface area contributed by atoms with Crippen LogP contribution in [0.1, 0.15) is 16.7 Å². The summed E-state index contributed by atoms with van der Waals surface area (Å²) in [5.74, 6) is 0. The van der Waals surface area contributed by atoms with Gasteiger partial charge in [0.05, 0.1) is 0 Å². The van der Waals surface area contributed by atoms with Crippen molar-refractivity contribution < 1.29 is 0 Å². The van der Waals surface area contributed by atoms with Gasteiger partial charge >= 0.3 is 0 Å². The molecule has 0 aliphatic carbocycles. The highest BCUT2D eigenvalue weighted by Crippen LogP contribution is 2.14. The second-order valence-corrected chi connectivity index (χ2v) is 5.46. The SMILES string of the molecule is Cc1ccccc1CC(=S)Cc1cccc(Cl)c1. The van der Waals surface area contributed by atoms with Crippen molar-refractivity contribution in [3.63, 3.8) is 0 Å². The van der Waals surface area contributed by atoms with Crippen LogP contribution >= 0.6 is 23.8 Å². The lowest BCUT2D eigenvalue weighted by Crippen LogP contribution is -2.05. The highest BCUT2D eigenvalue weighted by Gasteiger charge is 2.04. The summed E-state index contributed by atoms with van der Waals surface area (Å²) in [6.45, 7) is 2.12. The van der Waals surface area contributed by atoms with Crippen LogP contribution in [0.2, 0.25) is 5.02 Å². The molecule has 18 heavy (non-hydrogen) atoms. The molecule has 0 atom stereocenters. The molecule has 0 heterocycles. The summed E-state index contributed by atoms with van der Waals surface area (Å²) >= 11 is 11.4. The van der Waals surface area contributed by atoms with E-state index < -0.39 is 0 Å². The van der Waals surface area contributed by atoms with Crippen molar-refractivity contribution >= 4 is 28.7 Å². The third kappa shape index (κ3) is 3.66. The summed E-state index contributed by atoms with van der Waals surface area (Å²) < 4.78 is 0. The Kier molecular flexibility index (Phi) is 4.51. The first-order valence-electron chi connectivity index (χ1n) is 5.96. The molecule has 0 aliphatic rings. The largest absolute Gasteiger partial charge is 0.0890 e. The van der Waals surface area contributed by atoms with Crippen LogP contribution in [0.15, 0.2) is 48.5 Å². The van der Waals surface area contributed by atoms with E-state index in [1.807, 2.05) is 18.2 Å².